The molecule has 0 aliphatic rings. The first kappa shape index (κ1) is 21.0. The first-order chi connectivity index (χ1) is 14.9. The van der Waals surface area contributed by atoms with Crippen LogP contribution in [0.15, 0.2) is 72.8 Å². The predicted molar refractivity (Wildman–Crippen MR) is 122 cm³/mol. The minimum Gasteiger partial charge on any atom is -0.497 e. The Kier molecular flexibility index (Phi) is 5.98. The fourth-order valence-corrected chi connectivity index (χ4v) is 3.83. The summed E-state index contributed by atoms with van der Waals surface area (Å²) in [6.45, 7) is 0.454. The molecule has 156 valence electrons. The van der Waals surface area contributed by atoms with Crippen LogP contribution >= 0.6 is 23.2 Å². The molecule has 0 aliphatic heterocycles. The molecule has 31 heavy (non-hydrogen) atoms. The second-order valence-corrected chi connectivity index (χ2v) is 7.83. The molecule has 0 saturated heterocycles. The lowest BCUT2D eigenvalue weighted by atomic mass is 10.1. The second kappa shape index (κ2) is 8.84. The number of aromatic nitrogens is 2. The standard InChI is InChI=1S/C24H18Cl2N2O3/c1-31-21-8-6-16(7-9-21)22-13-23(18-10-19(25)12-20(26)11-18)28(27-22)14-15-2-4-17(5-3-15)24(29)30/h2-13H,14H2,1H3,(H,29,30). The molecule has 0 unspecified atom stereocenters. The van der Waals surface area contributed by atoms with E-state index in [1.54, 1.807) is 37.4 Å². The average Bonchev–Trinajstić information content (AvgIpc) is 3.17. The number of carbonyl (C=O) groups is 1. The van der Waals surface area contributed by atoms with Crippen LogP contribution in [0.1, 0.15) is 15.9 Å². The number of hydrogen-bond donors (Lipinski definition) is 1. The quantitative estimate of drug-likeness (QED) is 0.373. The summed E-state index contributed by atoms with van der Waals surface area (Å²) in [6.07, 6.45) is 0. The molecule has 1 N–H and O–H groups in total. The van der Waals surface area contributed by atoms with Gasteiger partial charge in [0, 0.05) is 21.2 Å². The maximum atomic E-state index is 11.1. The van der Waals surface area contributed by atoms with Crippen molar-refractivity contribution >= 4 is 29.2 Å². The third-order valence-corrected chi connectivity index (χ3v) is 5.29. The Morgan fingerprint density at radius 1 is 0.935 bits per heavy atom. The van der Waals surface area contributed by atoms with E-state index in [1.807, 2.05) is 47.1 Å². The topological polar surface area (TPSA) is 64.3 Å². The number of methoxy groups -OCH3 is 1. The summed E-state index contributed by atoms with van der Waals surface area (Å²) in [5.41, 5.74) is 4.57. The van der Waals surface area contributed by atoms with Crippen LogP contribution in [-0.2, 0) is 6.54 Å². The van der Waals surface area contributed by atoms with Crippen LogP contribution in [0.3, 0.4) is 0 Å². The zero-order chi connectivity index (χ0) is 22.0. The Hall–Kier alpha value is -3.28. The summed E-state index contributed by atoms with van der Waals surface area (Å²) in [7, 11) is 1.63. The monoisotopic (exact) mass is 452 g/mol. The van der Waals surface area contributed by atoms with Gasteiger partial charge in [-0.25, -0.2) is 4.79 Å². The number of ether oxygens (including phenoxy) is 1. The summed E-state index contributed by atoms with van der Waals surface area (Å²) in [4.78, 5) is 11.1. The van der Waals surface area contributed by atoms with Crippen molar-refractivity contribution in [3.8, 4) is 28.3 Å². The molecule has 3 aromatic carbocycles. The highest BCUT2D eigenvalue weighted by atomic mass is 35.5. The third-order valence-electron chi connectivity index (χ3n) is 4.86. The first-order valence-electron chi connectivity index (χ1n) is 9.44. The number of carboxylic acid groups (broad SMARTS) is 1. The summed E-state index contributed by atoms with van der Waals surface area (Å²) >= 11 is 12.5. The molecule has 7 heteroatoms. The zero-order valence-electron chi connectivity index (χ0n) is 16.5. The second-order valence-electron chi connectivity index (χ2n) is 6.96. The number of benzene rings is 3. The first-order valence-corrected chi connectivity index (χ1v) is 10.2. The Morgan fingerprint density at radius 3 is 2.16 bits per heavy atom. The van der Waals surface area contributed by atoms with Gasteiger partial charge in [0.15, 0.2) is 0 Å². The van der Waals surface area contributed by atoms with E-state index in [2.05, 4.69) is 0 Å². The van der Waals surface area contributed by atoms with Crippen LogP contribution < -0.4 is 4.74 Å². The van der Waals surface area contributed by atoms with Gasteiger partial charge in [-0.1, -0.05) is 35.3 Å². The molecule has 0 radical (unpaired) electrons. The molecule has 0 saturated carbocycles. The molecule has 0 fully saturated rings. The van der Waals surface area contributed by atoms with Gasteiger partial charge in [-0.15, -0.1) is 0 Å². The lowest BCUT2D eigenvalue weighted by Gasteiger charge is -2.09. The fourth-order valence-electron chi connectivity index (χ4n) is 3.30. The van der Waals surface area contributed by atoms with Gasteiger partial charge < -0.3 is 9.84 Å². The third kappa shape index (κ3) is 4.74. The minimum absolute atomic E-state index is 0.241. The summed E-state index contributed by atoms with van der Waals surface area (Å²) < 4.78 is 7.10. The van der Waals surface area contributed by atoms with Crippen molar-refractivity contribution in [2.24, 2.45) is 0 Å². The van der Waals surface area contributed by atoms with Crippen molar-refractivity contribution in [3.63, 3.8) is 0 Å². The van der Waals surface area contributed by atoms with Gasteiger partial charge in [-0.2, -0.15) is 5.10 Å². The molecule has 0 bridgehead atoms. The van der Waals surface area contributed by atoms with E-state index in [1.165, 1.54) is 0 Å². The van der Waals surface area contributed by atoms with E-state index in [-0.39, 0.29) is 5.56 Å². The lowest BCUT2D eigenvalue weighted by molar-refractivity contribution is 0.0697. The normalized spacial score (nSPS) is 10.8. The maximum Gasteiger partial charge on any atom is 0.335 e. The van der Waals surface area contributed by atoms with Gasteiger partial charge in [0.1, 0.15) is 5.75 Å². The smallest absolute Gasteiger partial charge is 0.335 e. The maximum absolute atomic E-state index is 11.1. The van der Waals surface area contributed by atoms with Gasteiger partial charge in [0.2, 0.25) is 0 Å². The van der Waals surface area contributed by atoms with Gasteiger partial charge >= 0.3 is 5.97 Å². The highest BCUT2D eigenvalue weighted by Gasteiger charge is 2.14. The molecule has 4 aromatic rings. The molecular weight excluding hydrogens is 435 g/mol. The van der Waals surface area contributed by atoms with Gasteiger partial charge in [0.05, 0.1) is 30.6 Å². The van der Waals surface area contributed by atoms with Crippen LogP contribution in [0.25, 0.3) is 22.5 Å². The van der Waals surface area contributed by atoms with E-state index >= 15 is 0 Å². The molecule has 0 amide bonds. The van der Waals surface area contributed by atoms with Crippen molar-refractivity contribution < 1.29 is 14.6 Å². The van der Waals surface area contributed by atoms with E-state index in [4.69, 9.17) is 38.1 Å². The number of halogens is 2. The van der Waals surface area contributed by atoms with Gasteiger partial charge in [0.25, 0.3) is 0 Å². The Balaban J connectivity index is 1.77. The number of hydrogen-bond acceptors (Lipinski definition) is 3. The molecule has 5 nitrogen and oxygen atoms in total. The van der Waals surface area contributed by atoms with E-state index < -0.39 is 5.97 Å². The van der Waals surface area contributed by atoms with Crippen LogP contribution in [0.2, 0.25) is 10.0 Å². The molecule has 1 heterocycles. The van der Waals surface area contributed by atoms with Gasteiger partial charge in [-0.3, -0.25) is 4.68 Å². The summed E-state index contributed by atoms with van der Waals surface area (Å²) in [5, 5.41) is 15.0. The Bertz CT molecular complexity index is 1210. The van der Waals surface area contributed by atoms with Crippen molar-refractivity contribution in [1.82, 2.24) is 9.78 Å². The van der Waals surface area contributed by atoms with E-state index in [0.717, 1.165) is 33.8 Å². The van der Waals surface area contributed by atoms with Crippen LogP contribution in [0, 0.1) is 0 Å². The molecule has 0 aliphatic carbocycles. The van der Waals surface area contributed by atoms with Crippen molar-refractivity contribution in [2.75, 3.05) is 7.11 Å². The molecule has 4 rings (SSSR count). The summed E-state index contributed by atoms with van der Waals surface area (Å²) in [5.74, 6) is -0.190. The van der Waals surface area contributed by atoms with Crippen molar-refractivity contribution in [2.45, 2.75) is 6.54 Å². The highest BCUT2D eigenvalue weighted by Crippen LogP contribution is 2.31. The largest absolute Gasteiger partial charge is 0.497 e. The Morgan fingerprint density at radius 2 is 1.58 bits per heavy atom. The molecule has 1 aromatic heterocycles. The molecule has 0 atom stereocenters. The number of carboxylic acids is 1. The fraction of sp³-hybridized carbons (Fsp3) is 0.0833. The van der Waals surface area contributed by atoms with Crippen LogP contribution in [0.5, 0.6) is 5.75 Å². The van der Waals surface area contributed by atoms with E-state index in [0.29, 0.717) is 16.6 Å². The predicted octanol–water partition coefficient (Wildman–Crippen LogP) is 6.28. The molecular formula is C24H18Cl2N2O3. The average molecular weight is 453 g/mol. The Labute approximate surface area is 189 Å². The number of aromatic carboxylic acids is 1. The summed E-state index contributed by atoms with van der Waals surface area (Å²) in [6, 6.07) is 21.7. The highest BCUT2D eigenvalue weighted by molar-refractivity contribution is 6.35. The van der Waals surface area contributed by atoms with Gasteiger partial charge in [-0.05, 0) is 66.2 Å². The lowest BCUT2D eigenvalue weighted by Crippen LogP contribution is -2.05. The van der Waals surface area contributed by atoms with Crippen molar-refractivity contribution in [1.29, 1.82) is 0 Å². The minimum atomic E-state index is -0.957. The van der Waals surface area contributed by atoms with Crippen molar-refractivity contribution in [3.05, 3.63) is 94.0 Å². The number of rotatable bonds is 6. The van der Waals surface area contributed by atoms with Crippen LogP contribution in [0.4, 0.5) is 0 Å². The SMILES string of the molecule is COc1ccc(-c2cc(-c3cc(Cl)cc(Cl)c3)n(Cc3ccc(C(=O)O)cc3)n2)cc1. The zero-order valence-corrected chi connectivity index (χ0v) is 18.1. The van der Waals surface area contributed by atoms with E-state index in [9.17, 15) is 4.79 Å². The van der Waals surface area contributed by atoms with Crippen LogP contribution in [-0.4, -0.2) is 28.0 Å². The number of nitrogens with zero attached hydrogens (tertiary/aromatic N) is 2. The molecule has 0 spiro atoms.